The van der Waals surface area contributed by atoms with E-state index in [1.807, 2.05) is 6.07 Å². The quantitative estimate of drug-likeness (QED) is 0.415. The Hall–Kier alpha value is -4.12. The molecular weight excluding hydrogens is 480 g/mol. The molecule has 1 amide bonds. The van der Waals surface area contributed by atoms with Crippen LogP contribution in [0.15, 0.2) is 52.6 Å². The van der Waals surface area contributed by atoms with Gasteiger partial charge in [-0.15, -0.1) is 0 Å². The summed E-state index contributed by atoms with van der Waals surface area (Å²) >= 11 is 0. The zero-order valence-electron chi connectivity index (χ0n) is 20.1. The van der Waals surface area contributed by atoms with Gasteiger partial charge in [0.2, 0.25) is 5.91 Å². The summed E-state index contributed by atoms with van der Waals surface area (Å²) in [5.74, 6) is -0.719. The second-order valence-corrected chi connectivity index (χ2v) is 9.10. The van der Waals surface area contributed by atoms with Crippen LogP contribution >= 0.6 is 0 Å². The molecule has 2 aromatic carbocycles. The maximum Gasteiger partial charge on any atom is 0.252 e. The molecule has 0 unspecified atom stereocenters. The summed E-state index contributed by atoms with van der Waals surface area (Å²) < 4.78 is 35.0. The minimum atomic E-state index is -0.816. The van der Waals surface area contributed by atoms with E-state index >= 15 is 0 Å². The fourth-order valence-electron chi connectivity index (χ4n) is 4.84. The predicted molar refractivity (Wildman–Crippen MR) is 136 cm³/mol. The highest BCUT2D eigenvalue weighted by Crippen LogP contribution is 2.38. The van der Waals surface area contributed by atoms with Crippen LogP contribution in [0.4, 0.5) is 14.5 Å². The second kappa shape index (κ2) is 10.5. The van der Waals surface area contributed by atoms with E-state index in [4.69, 9.17) is 21.3 Å². The molecule has 0 bridgehead atoms. The SMILES string of the molecule is NC=NC(=Nc1ccc(F)cc1F)n1cc2c(n1)-c1cc(C3CCN(CC(N)=O)CC3)ccc1OCC2. The number of halogens is 2. The Morgan fingerprint density at radius 2 is 2.00 bits per heavy atom. The van der Waals surface area contributed by atoms with Gasteiger partial charge in [0.15, 0.2) is 5.82 Å². The van der Waals surface area contributed by atoms with E-state index < -0.39 is 11.6 Å². The molecule has 0 radical (unpaired) electrons. The topological polar surface area (TPSA) is 124 Å². The number of piperidine rings is 1. The van der Waals surface area contributed by atoms with Crippen LogP contribution in [-0.4, -0.2) is 59.1 Å². The summed E-state index contributed by atoms with van der Waals surface area (Å²) in [6, 6.07) is 9.27. The molecule has 192 valence electrons. The monoisotopic (exact) mass is 507 g/mol. The van der Waals surface area contributed by atoms with Crippen molar-refractivity contribution >= 4 is 23.9 Å². The van der Waals surface area contributed by atoms with Gasteiger partial charge in [-0.25, -0.2) is 23.4 Å². The number of hydrogen-bond acceptors (Lipinski definition) is 5. The van der Waals surface area contributed by atoms with Crippen LogP contribution in [0.1, 0.15) is 29.9 Å². The number of amides is 1. The molecule has 3 aromatic rings. The van der Waals surface area contributed by atoms with Gasteiger partial charge >= 0.3 is 0 Å². The summed E-state index contributed by atoms with van der Waals surface area (Å²) in [6.45, 7) is 2.36. The van der Waals surface area contributed by atoms with Crippen molar-refractivity contribution in [2.45, 2.75) is 25.2 Å². The van der Waals surface area contributed by atoms with Crippen molar-refractivity contribution in [2.75, 3.05) is 26.2 Å². The number of likely N-dealkylation sites (tertiary alicyclic amines) is 1. The number of fused-ring (bicyclic) bond motifs is 3. The van der Waals surface area contributed by atoms with Crippen LogP contribution in [-0.2, 0) is 11.2 Å². The first-order valence-corrected chi connectivity index (χ1v) is 12.1. The van der Waals surface area contributed by atoms with Gasteiger partial charge in [0.05, 0.1) is 25.2 Å². The van der Waals surface area contributed by atoms with Crippen molar-refractivity contribution in [3.8, 4) is 17.0 Å². The standard InChI is InChI=1S/C26H27F2N7O2/c27-19-2-3-22(21(28)12-19)32-26(31-15-29)35-13-18-7-10-37-23-4-1-17(11-20(23)25(18)33-35)16-5-8-34(9-6-16)14-24(30)36/h1-4,11-13,15-16H,5-10,14H2,(H2,30,36)(H2,29,31,32). The molecular formula is C26H27F2N7O2. The Labute approximate surface area is 212 Å². The average molecular weight is 508 g/mol. The zero-order chi connectivity index (χ0) is 25.9. The second-order valence-electron chi connectivity index (χ2n) is 9.10. The Kier molecular flexibility index (Phi) is 6.95. The number of hydrogen-bond donors (Lipinski definition) is 2. The third-order valence-corrected chi connectivity index (χ3v) is 6.64. The molecule has 11 heteroatoms. The lowest BCUT2D eigenvalue weighted by Crippen LogP contribution is -2.39. The van der Waals surface area contributed by atoms with Crippen molar-refractivity contribution in [3.63, 3.8) is 0 Å². The van der Waals surface area contributed by atoms with Crippen LogP contribution in [0, 0.1) is 11.6 Å². The van der Waals surface area contributed by atoms with Gasteiger partial charge in [-0.1, -0.05) is 6.07 Å². The maximum absolute atomic E-state index is 14.2. The van der Waals surface area contributed by atoms with Gasteiger partial charge in [-0.05, 0) is 61.7 Å². The van der Waals surface area contributed by atoms with E-state index in [2.05, 4.69) is 27.0 Å². The fraction of sp³-hybridized carbons (Fsp3) is 0.308. The van der Waals surface area contributed by atoms with Crippen molar-refractivity contribution in [3.05, 3.63) is 65.4 Å². The predicted octanol–water partition coefficient (Wildman–Crippen LogP) is 2.95. The number of ether oxygens (including phenoxy) is 1. The highest BCUT2D eigenvalue weighted by atomic mass is 19.1. The van der Waals surface area contributed by atoms with Crippen molar-refractivity contribution in [1.82, 2.24) is 14.7 Å². The highest BCUT2D eigenvalue weighted by Gasteiger charge is 2.25. The minimum Gasteiger partial charge on any atom is -0.493 e. The minimum absolute atomic E-state index is 0.0431. The molecule has 5 rings (SSSR count). The zero-order valence-corrected chi connectivity index (χ0v) is 20.1. The van der Waals surface area contributed by atoms with Gasteiger partial charge in [0.25, 0.3) is 5.96 Å². The van der Waals surface area contributed by atoms with Gasteiger partial charge in [0.1, 0.15) is 17.3 Å². The van der Waals surface area contributed by atoms with Gasteiger partial charge in [-0.3, -0.25) is 9.69 Å². The number of benzene rings is 2. The number of carbonyl (C=O) groups is 1. The van der Waals surface area contributed by atoms with E-state index in [0.717, 1.165) is 67.0 Å². The third kappa shape index (κ3) is 5.36. The first-order chi connectivity index (χ1) is 17.9. The molecule has 3 heterocycles. The summed E-state index contributed by atoms with van der Waals surface area (Å²) in [6.07, 6.45) is 5.26. The van der Waals surface area contributed by atoms with E-state index in [1.165, 1.54) is 16.3 Å². The molecule has 2 aliphatic rings. The molecule has 9 nitrogen and oxygen atoms in total. The molecule has 1 fully saturated rings. The van der Waals surface area contributed by atoms with Crippen LogP contribution < -0.4 is 16.2 Å². The lowest BCUT2D eigenvalue weighted by atomic mass is 9.88. The van der Waals surface area contributed by atoms with E-state index in [9.17, 15) is 13.6 Å². The smallest absolute Gasteiger partial charge is 0.252 e. The Bertz CT molecular complexity index is 1380. The van der Waals surface area contributed by atoms with Crippen molar-refractivity contribution in [1.29, 1.82) is 0 Å². The maximum atomic E-state index is 14.2. The van der Waals surface area contributed by atoms with Crippen LogP contribution in [0.3, 0.4) is 0 Å². The summed E-state index contributed by atoms with van der Waals surface area (Å²) in [7, 11) is 0. The molecule has 37 heavy (non-hydrogen) atoms. The molecule has 1 aromatic heterocycles. The number of aromatic nitrogens is 2. The van der Waals surface area contributed by atoms with Crippen molar-refractivity contribution in [2.24, 2.45) is 21.5 Å². The summed E-state index contributed by atoms with van der Waals surface area (Å²) in [5.41, 5.74) is 14.5. The van der Waals surface area contributed by atoms with Crippen molar-refractivity contribution < 1.29 is 18.3 Å². The lowest BCUT2D eigenvalue weighted by molar-refractivity contribution is -0.119. The molecule has 4 N–H and O–H groups in total. The van der Waals surface area contributed by atoms with E-state index in [0.29, 0.717) is 18.9 Å². The molecule has 0 aliphatic carbocycles. The van der Waals surface area contributed by atoms with Gasteiger partial charge < -0.3 is 16.2 Å². The molecule has 1 saturated heterocycles. The number of rotatable bonds is 4. The molecule has 2 aliphatic heterocycles. The number of nitrogens with two attached hydrogens (primary N) is 2. The van der Waals surface area contributed by atoms with Gasteiger partial charge in [0, 0.05) is 29.8 Å². The summed E-state index contributed by atoms with van der Waals surface area (Å²) in [5, 5.41) is 4.73. The van der Waals surface area contributed by atoms with Crippen LogP contribution in [0.25, 0.3) is 11.3 Å². The molecule has 0 saturated carbocycles. The average Bonchev–Trinajstić information content (AvgIpc) is 3.22. The molecule has 0 atom stereocenters. The first kappa shape index (κ1) is 24.6. The van der Waals surface area contributed by atoms with Gasteiger partial charge in [-0.2, -0.15) is 5.10 Å². The summed E-state index contributed by atoms with van der Waals surface area (Å²) in [4.78, 5) is 21.6. The number of primary amides is 1. The third-order valence-electron chi connectivity index (χ3n) is 6.64. The largest absolute Gasteiger partial charge is 0.493 e. The lowest BCUT2D eigenvalue weighted by Gasteiger charge is -2.31. The van der Waals surface area contributed by atoms with E-state index in [-0.39, 0.29) is 24.1 Å². The molecule has 0 spiro atoms. The Balaban J connectivity index is 1.47. The Morgan fingerprint density at radius 1 is 1.19 bits per heavy atom. The Morgan fingerprint density at radius 3 is 2.73 bits per heavy atom. The number of nitrogens with zero attached hydrogens (tertiary/aromatic N) is 5. The normalized spacial score (nSPS) is 16.8. The highest BCUT2D eigenvalue weighted by molar-refractivity contribution is 5.91. The first-order valence-electron chi connectivity index (χ1n) is 12.1. The van der Waals surface area contributed by atoms with Crippen LogP contribution in [0.5, 0.6) is 5.75 Å². The fourth-order valence-corrected chi connectivity index (χ4v) is 4.84. The van der Waals surface area contributed by atoms with Crippen LogP contribution in [0.2, 0.25) is 0 Å². The number of carbonyl (C=O) groups excluding carboxylic acids is 1. The number of aliphatic imine (C=N–C) groups is 2. The van der Waals surface area contributed by atoms with E-state index in [1.54, 1.807) is 6.20 Å².